The third-order valence-corrected chi connectivity index (χ3v) is 2.15. The number of imidazole rings is 1. The van der Waals surface area contributed by atoms with Crippen LogP contribution in [0, 0.1) is 0 Å². The molecule has 0 saturated heterocycles. The highest BCUT2D eigenvalue weighted by atomic mass is 15.1. The van der Waals surface area contributed by atoms with Crippen molar-refractivity contribution < 1.29 is 0 Å². The van der Waals surface area contributed by atoms with Gasteiger partial charge in [-0.3, -0.25) is 0 Å². The SMILES string of the molecule is C=C(C)c1ncnc2c1ncn2CC. The first-order valence-electron chi connectivity index (χ1n) is 4.55. The molecule has 4 nitrogen and oxygen atoms in total. The predicted octanol–water partition coefficient (Wildman–Crippen LogP) is 1.88. The number of fused-ring (bicyclic) bond motifs is 1. The molecule has 0 fully saturated rings. The van der Waals surface area contributed by atoms with Crippen LogP contribution in [0.4, 0.5) is 0 Å². The van der Waals surface area contributed by atoms with Gasteiger partial charge in [0.05, 0.1) is 12.0 Å². The monoisotopic (exact) mass is 188 g/mol. The molecule has 0 aliphatic carbocycles. The first kappa shape index (κ1) is 8.87. The molecule has 4 heteroatoms. The van der Waals surface area contributed by atoms with E-state index in [1.54, 1.807) is 12.7 Å². The van der Waals surface area contributed by atoms with Gasteiger partial charge in [-0.2, -0.15) is 0 Å². The molecule has 0 saturated carbocycles. The van der Waals surface area contributed by atoms with Crippen molar-refractivity contribution in [3.05, 3.63) is 24.9 Å². The molecule has 2 rings (SSSR count). The van der Waals surface area contributed by atoms with Crippen LogP contribution in [-0.4, -0.2) is 19.5 Å². The molecule has 0 spiro atoms. The van der Waals surface area contributed by atoms with Crippen LogP contribution in [-0.2, 0) is 6.54 Å². The van der Waals surface area contributed by atoms with Gasteiger partial charge in [0.25, 0.3) is 0 Å². The zero-order valence-corrected chi connectivity index (χ0v) is 8.36. The van der Waals surface area contributed by atoms with E-state index in [2.05, 4.69) is 28.5 Å². The highest BCUT2D eigenvalue weighted by Crippen LogP contribution is 2.18. The molecule has 0 atom stereocenters. The Kier molecular flexibility index (Phi) is 2.04. The summed E-state index contributed by atoms with van der Waals surface area (Å²) in [4.78, 5) is 12.7. The molecule has 0 radical (unpaired) electrons. The molecule has 2 aromatic heterocycles. The van der Waals surface area contributed by atoms with Gasteiger partial charge in [0.2, 0.25) is 0 Å². The number of hydrogen-bond acceptors (Lipinski definition) is 3. The van der Waals surface area contributed by atoms with Crippen molar-refractivity contribution in [1.82, 2.24) is 19.5 Å². The minimum Gasteiger partial charge on any atom is -0.315 e. The second kappa shape index (κ2) is 3.21. The van der Waals surface area contributed by atoms with Gasteiger partial charge >= 0.3 is 0 Å². The Morgan fingerprint density at radius 3 is 2.86 bits per heavy atom. The number of aromatic nitrogens is 4. The third kappa shape index (κ3) is 1.19. The van der Waals surface area contributed by atoms with Crippen molar-refractivity contribution in [2.75, 3.05) is 0 Å². The number of aryl methyl sites for hydroxylation is 1. The molecule has 14 heavy (non-hydrogen) atoms. The molecule has 2 aromatic rings. The largest absolute Gasteiger partial charge is 0.315 e. The van der Waals surface area contributed by atoms with Crippen molar-refractivity contribution >= 4 is 16.7 Å². The van der Waals surface area contributed by atoms with E-state index in [0.29, 0.717) is 0 Å². The first-order valence-corrected chi connectivity index (χ1v) is 4.55. The summed E-state index contributed by atoms with van der Waals surface area (Å²) in [5, 5.41) is 0. The fourth-order valence-electron chi connectivity index (χ4n) is 1.42. The molecule has 0 N–H and O–H groups in total. The van der Waals surface area contributed by atoms with E-state index < -0.39 is 0 Å². The average Bonchev–Trinajstić information content (AvgIpc) is 2.59. The summed E-state index contributed by atoms with van der Waals surface area (Å²) < 4.78 is 1.99. The van der Waals surface area contributed by atoms with Gasteiger partial charge in [0, 0.05) is 6.54 Å². The van der Waals surface area contributed by atoms with E-state index in [4.69, 9.17) is 0 Å². The summed E-state index contributed by atoms with van der Waals surface area (Å²) in [5.74, 6) is 0. The maximum Gasteiger partial charge on any atom is 0.163 e. The third-order valence-electron chi connectivity index (χ3n) is 2.15. The van der Waals surface area contributed by atoms with Crippen LogP contribution in [0.25, 0.3) is 16.7 Å². The van der Waals surface area contributed by atoms with Crippen molar-refractivity contribution in [1.29, 1.82) is 0 Å². The Bertz CT molecular complexity index is 484. The summed E-state index contributed by atoms with van der Waals surface area (Å²) in [6.07, 6.45) is 3.34. The molecular formula is C10H12N4. The minimum absolute atomic E-state index is 0.835. The fourth-order valence-corrected chi connectivity index (χ4v) is 1.42. The van der Waals surface area contributed by atoms with E-state index in [9.17, 15) is 0 Å². The van der Waals surface area contributed by atoms with E-state index in [1.165, 1.54) is 0 Å². The van der Waals surface area contributed by atoms with Gasteiger partial charge in [-0.1, -0.05) is 6.58 Å². The normalized spacial score (nSPS) is 10.7. The molecule has 0 aliphatic rings. The van der Waals surface area contributed by atoms with Crippen molar-refractivity contribution in [3.8, 4) is 0 Å². The van der Waals surface area contributed by atoms with E-state index in [1.807, 2.05) is 11.5 Å². The maximum absolute atomic E-state index is 4.29. The Labute approximate surface area is 82.3 Å². The molecular weight excluding hydrogens is 176 g/mol. The number of hydrogen-bond donors (Lipinski definition) is 0. The van der Waals surface area contributed by atoms with Crippen molar-refractivity contribution in [3.63, 3.8) is 0 Å². The van der Waals surface area contributed by atoms with Crippen molar-refractivity contribution in [2.24, 2.45) is 0 Å². The highest BCUT2D eigenvalue weighted by Gasteiger charge is 2.08. The summed E-state index contributed by atoms with van der Waals surface area (Å²) >= 11 is 0. The van der Waals surface area contributed by atoms with Gasteiger partial charge in [-0.05, 0) is 19.4 Å². The van der Waals surface area contributed by atoms with Gasteiger partial charge in [0.15, 0.2) is 5.65 Å². The molecule has 0 aliphatic heterocycles. The maximum atomic E-state index is 4.29. The van der Waals surface area contributed by atoms with Crippen molar-refractivity contribution in [2.45, 2.75) is 20.4 Å². The molecule has 2 heterocycles. The van der Waals surface area contributed by atoms with Crippen LogP contribution in [0.3, 0.4) is 0 Å². The standard InChI is InChI=1S/C10H12N4/c1-4-14-6-13-9-8(7(2)3)11-5-12-10(9)14/h5-6H,2,4H2,1,3H3. The lowest BCUT2D eigenvalue weighted by molar-refractivity contribution is 0.777. The predicted molar refractivity (Wildman–Crippen MR) is 55.7 cm³/mol. The smallest absolute Gasteiger partial charge is 0.163 e. The topological polar surface area (TPSA) is 43.6 Å². The Hall–Kier alpha value is -1.71. The van der Waals surface area contributed by atoms with Crippen LogP contribution < -0.4 is 0 Å². The van der Waals surface area contributed by atoms with E-state index >= 15 is 0 Å². The zero-order valence-electron chi connectivity index (χ0n) is 8.36. The van der Waals surface area contributed by atoms with Crippen LogP contribution >= 0.6 is 0 Å². The number of nitrogens with zero attached hydrogens (tertiary/aromatic N) is 4. The van der Waals surface area contributed by atoms with E-state index in [0.717, 1.165) is 29.0 Å². The second-order valence-corrected chi connectivity index (χ2v) is 3.21. The molecule has 0 bridgehead atoms. The highest BCUT2D eigenvalue weighted by molar-refractivity contribution is 5.83. The lowest BCUT2D eigenvalue weighted by Gasteiger charge is -2.00. The van der Waals surface area contributed by atoms with Crippen LogP contribution in [0.1, 0.15) is 19.5 Å². The average molecular weight is 188 g/mol. The number of rotatable bonds is 2. The first-order chi connectivity index (χ1) is 6.74. The summed E-state index contributed by atoms with van der Waals surface area (Å²) in [6.45, 7) is 8.72. The molecule has 0 aromatic carbocycles. The Morgan fingerprint density at radius 2 is 2.21 bits per heavy atom. The lowest BCUT2D eigenvalue weighted by atomic mass is 10.2. The second-order valence-electron chi connectivity index (χ2n) is 3.21. The van der Waals surface area contributed by atoms with Gasteiger partial charge in [0.1, 0.15) is 11.8 Å². The Balaban J connectivity index is 2.76. The number of allylic oxidation sites excluding steroid dienone is 1. The van der Waals surface area contributed by atoms with Crippen LogP contribution in [0.15, 0.2) is 19.2 Å². The summed E-state index contributed by atoms with van der Waals surface area (Å²) in [6, 6.07) is 0. The quantitative estimate of drug-likeness (QED) is 0.722. The Morgan fingerprint density at radius 1 is 1.43 bits per heavy atom. The van der Waals surface area contributed by atoms with Crippen LogP contribution in [0.5, 0.6) is 0 Å². The lowest BCUT2D eigenvalue weighted by Crippen LogP contribution is -1.95. The van der Waals surface area contributed by atoms with E-state index in [-0.39, 0.29) is 0 Å². The minimum atomic E-state index is 0.835. The molecule has 72 valence electrons. The summed E-state index contributed by atoms with van der Waals surface area (Å²) in [5.41, 5.74) is 3.46. The van der Waals surface area contributed by atoms with Gasteiger partial charge in [-0.25, -0.2) is 15.0 Å². The fraction of sp³-hybridized carbons (Fsp3) is 0.300. The van der Waals surface area contributed by atoms with Gasteiger partial charge in [-0.15, -0.1) is 0 Å². The van der Waals surface area contributed by atoms with Gasteiger partial charge < -0.3 is 4.57 Å². The summed E-state index contributed by atoms with van der Waals surface area (Å²) in [7, 11) is 0. The molecule has 0 amide bonds. The zero-order chi connectivity index (χ0) is 10.1. The molecule has 0 unspecified atom stereocenters. The van der Waals surface area contributed by atoms with Crippen LogP contribution in [0.2, 0.25) is 0 Å².